The number of hydrogen-bond acceptors (Lipinski definition) is 25. The van der Waals surface area contributed by atoms with Gasteiger partial charge in [-0.25, -0.2) is 0 Å². The number of aliphatic hydroxyl groups is 1. The third-order valence-electron chi connectivity index (χ3n) is 9.51. The van der Waals surface area contributed by atoms with Crippen molar-refractivity contribution < 1.29 is 40.5 Å². The summed E-state index contributed by atoms with van der Waals surface area (Å²) in [5, 5.41) is 35.6. The largest absolute Gasteiger partial charge is 0.494 e. The standard InChI is InChI=1S/C37H41N13O9S7/c1-7-49(8-2)19-11-13-21(43-45-29-25-27(58-5)33(65(52,53)54)61-31(25)47-63-29)23(17-19)38-35-40-36(42-37(41-35)60-16-15-51)39-24-18-20(50(9-3)10-4)12-14-22(24)44-46-30-26-28(59-6)34(66(55,56)57)62-32(26)48-64-30/h11-14,17-18,51H,7-10,15-16H2,1-6H3,(H,52,53,54)(H,55,56,57)(H2,38,39,40,41,42). The van der Waals surface area contributed by atoms with Crippen LogP contribution in [0.1, 0.15) is 27.7 Å². The molecule has 2 aromatic carbocycles. The number of ether oxygens (including phenoxy) is 2. The lowest BCUT2D eigenvalue weighted by Gasteiger charge is -2.22. The molecule has 29 heteroatoms. The van der Waals surface area contributed by atoms with Crippen molar-refractivity contribution in [1.82, 2.24) is 23.7 Å². The Morgan fingerprint density at radius 3 is 1.45 bits per heavy atom. The second-order valence-corrected chi connectivity index (χ2v) is 21.2. The molecule has 5 aromatic heterocycles. The lowest BCUT2D eigenvalue weighted by molar-refractivity contribution is 0.322. The van der Waals surface area contributed by atoms with Gasteiger partial charge in [0.25, 0.3) is 0 Å². The quantitative estimate of drug-likeness (QED) is 0.0254. The summed E-state index contributed by atoms with van der Waals surface area (Å²) in [5.74, 6) is 0.318. The number of rotatable bonds is 21. The minimum absolute atomic E-state index is 0.0846. The van der Waals surface area contributed by atoms with Crippen molar-refractivity contribution >= 4 is 154 Å². The number of thioether (sulfide) groups is 1. The van der Waals surface area contributed by atoms with Crippen LogP contribution in [0.2, 0.25) is 0 Å². The molecule has 22 nitrogen and oxygen atoms in total. The van der Waals surface area contributed by atoms with E-state index in [1.54, 1.807) is 12.1 Å². The van der Waals surface area contributed by atoms with Crippen LogP contribution in [-0.4, -0.2) is 108 Å². The number of fused-ring (bicyclic) bond motifs is 2. The zero-order valence-electron chi connectivity index (χ0n) is 35.8. The molecule has 0 spiro atoms. The van der Waals surface area contributed by atoms with Crippen molar-refractivity contribution in [3.05, 3.63) is 36.4 Å². The minimum atomic E-state index is -4.60. The van der Waals surface area contributed by atoms with Gasteiger partial charge < -0.3 is 35.0 Å². The molecule has 0 atom stereocenters. The Morgan fingerprint density at radius 2 is 1.09 bits per heavy atom. The smallest absolute Gasteiger partial charge is 0.307 e. The van der Waals surface area contributed by atoms with E-state index in [4.69, 9.17) is 14.5 Å². The highest BCUT2D eigenvalue weighted by atomic mass is 32.3. The van der Waals surface area contributed by atoms with E-state index >= 15 is 0 Å². The zero-order valence-corrected chi connectivity index (χ0v) is 41.5. The minimum Gasteiger partial charge on any atom is -0.494 e. The molecule has 5 N–H and O–H groups in total. The molecule has 66 heavy (non-hydrogen) atoms. The summed E-state index contributed by atoms with van der Waals surface area (Å²) in [6, 6.07) is 11.0. The van der Waals surface area contributed by atoms with Crippen molar-refractivity contribution in [2.24, 2.45) is 20.5 Å². The first-order chi connectivity index (χ1) is 31.6. The number of thiophene rings is 2. The van der Waals surface area contributed by atoms with Gasteiger partial charge in [0.2, 0.25) is 11.9 Å². The summed E-state index contributed by atoms with van der Waals surface area (Å²) in [4.78, 5) is 18.9. The molecule has 0 saturated heterocycles. The van der Waals surface area contributed by atoms with Gasteiger partial charge >= 0.3 is 20.2 Å². The van der Waals surface area contributed by atoms with E-state index in [9.17, 15) is 31.0 Å². The van der Waals surface area contributed by atoms with Crippen LogP contribution < -0.4 is 29.9 Å². The Bertz CT molecular complexity index is 2960. The van der Waals surface area contributed by atoms with Gasteiger partial charge in [0.1, 0.15) is 21.0 Å². The summed E-state index contributed by atoms with van der Waals surface area (Å²) in [6.07, 6.45) is 0. The molecule has 0 unspecified atom stereocenters. The fraction of sp³-hybridized carbons (Fsp3) is 0.324. The number of aliphatic hydroxyl groups excluding tert-OH is 1. The fourth-order valence-corrected chi connectivity index (χ4v) is 12.6. The van der Waals surface area contributed by atoms with Crippen LogP contribution in [0.3, 0.4) is 0 Å². The molecular formula is C37H41N13O9S7. The number of aromatic nitrogens is 5. The topological polar surface area (TPSA) is 292 Å². The number of nitrogens with zero attached hydrogens (tertiary/aromatic N) is 11. The van der Waals surface area contributed by atoms with Crippen LogP contribution in [0.4, 0.5) is 56.0 Å². The predicted molar refractivity (Wildman–Crippen MR) is 260 cm³/mol. The predicted octanol–water partition coefficient (Wildman–Crippen LogP) is 9.82. The summed E-state index contributed by atoms with van der Waals surface area (Å²) in [7, 11) is -6.63. The van der Waals surface area contributed by atoms with E-state index in [2.05, 4.69) is 59.6 Å². The molecule has 0 saturated carbocycles. The summed E-state index contributed by atoms with van der Waals surface area (Å²) >= 11 is 4.67. The maximum absolute atomic E-state index is 12.1. The first-order valence-corrected chi connectivity index (χ1v) is 26.7. The van der Waals surface area contributed by atoms with Crippen LogP contribution in [-0.2, 0) is 20.2 Å². The Balaban J connectivity index is 1.29. The number of azo groups is 2. The monoisotopic (exact) mass is 1040 g/mol. The Labute approximate surface area is 398 Å². The molecule has 0 aliphatic heterocycles. The van der Waals surface area contributed by atoms with Crippen LogP contribution in [0.15, 0.2) is 70.4 Å². The maximum Gasteiger partial charge on any atom is 0.307 e. The van der Waals surface area contributed by atoms with E-state index in [1.165, 1.54) is 26.0 Å². The zero-order chi connectivity index (χ0) is 47.3. The summed E-state index contributed by atoms with van der Waals surface area (Å²) in [6.45, 7) is 10.8. The maximum atomic E-state index is 12.1. The van der Waals surface area contributed by atoms with Crippen molar-refractivity contribution in [2.45, 2.75) is 41.3 Å². The van der Waals surface area contributed by atoms with Gasteiger partial charge in [-0.15, -0.1) is 20.5 Å². The van der Waals surface area contributed by atoms with Gasteiger partial charge in [-0.1, -0.05) is 34.4 Å². The average molecular weight is 1040 g/mol. The molecule has 0 bridgehead atoms. The molecule has 7 aromatic rings. The van der Waals surface area contributed by atoms with Crippen molar-refractivity contribution in [2.75, 3.05) is 73.2 Å². The number of nitrogens with one attached hydrogen (secondary N) is 2. The lowest BCUT2D eigenvalue weighted by Crippen LogP contribution is -2.21. The van der Waals surface area contributed by atoms with Crippen LogP contribution in [0, 0.1) is 0 Å². The molecular weight excluding hydrogens is 995 g/mol. The normalized spacial score (nSPS) is 12.3. The van der Waals surface area contributed by atoms with Gasteiger partial charge in [0.05, 0.1) is 43.0 Å². The van der Waals surface area contributed by atoms with E-state index in [0.717, 1.165) is 57.1 Å². The number of hydrogen-bond donors (Lipinski definition) is 5. The van der Waals surface area contributed by atoms with Gasteiger partial charge in [-0.05, 0) is 87.2 Å². The fourth-order valence-electron chi connectivity index (χ4n) is 6.48. The van der Waals surface area contributed by atoms with Gasteiger partial charge in [0.15, 0.2) is 35.1 Å². The number of anilines is 6. The van der Waals surface area contributed by atoms with E-state index in [0.29, 0.717) is 69.4 Å². The second-order valence-electron chi connectivity index (χ2n) is 13.4. The highest BCUT2D eigenvalue weighted by Gasteiger charge is 2.29. The van der Waals surface area contributed by atoms with Gasteiger partial charge in [-0.3, -0.25) is 9.11 Å². The third-order valence-corrected chi connectivity index (χ3v) is 16.8. The number of methoxy groups -OCH3 is 2. The van der Waals surface area contributed by atoms with E-state index < -0.39 is 20.2 Å². The van der Waals surface area contributed by atoms with Crippen molar-refractivity contribution in [3.8, 4) is 11.5 Å². The molecule has 7 rings (SSSR count). The van der Waals surface area contributed by atoms with Crippen molar-refractivity contribution in [1.29, 1.82) is 0 Å². The Morgan fingerprint density at radius 1 is 0.667 bits per heavy atom. The Kier molecular flexibility index (Phi) is 15.3. The summed E-state index contributed by atoms with van der Waals surface area (Å²) < 4.78 is 86.6. The average Bonchev–Trinajstić information content (AvgIpc) is 4.07. The Hall–Kier alpha value is -5.24. The molecule has 0 aliphatic rings. The SMILES string of the molecule is CCN(CC)c1ccc(N=Nc2snc3sc(S(=O)(=O)O)c(OC)c23)c(Nc2nc(Nc3cc(N(CC)CC)ccc3N=Nc3snc4sc(S(=O)(=O)O)c(OC)c34)nc(SCCO)n2)c1. The molecule has 0 aliphatic carbocycles. The van der Waals surface area contributed by atoms with E-state index in [-0.39, 0.29) is 59.3 Å². The lowest BCUT2D eigenvalue weighted by atomic mass is 10.2. The highest BCUT2D eigenvalue weighted by molar-refractivity contribution is 7.99. The van der Waals surface area contributed by atoms with Gasteiger partial charge in [0, 0.05) is 43.3 Å². The summed E-state index contributed by atoms with van der Waals surface area (Å²) in [5.41, 5.74) is 3.33. The molecule has 350 valence electrons. The molecule has 0 amide bonds. The third kappa shape index (κ3) is 10.5. The highest BCUT2D eigenvalue weighted by Crippen LogP contribution is 2.49. The molecule has 0 radical (unpaired) electrons. The van der Waals surface area contributed by atoms with Crippen LogP contribution in [0.5, 0.6) is 11.5 Å². The molecule has 0 fully saturated rings. The molecule has 5 heterocycles. The van der Waals surface area contributed by atoms with Crippen LogP contribution >= 0.6 is 57.5 Å². The number of benzene rings is 2. The second kappa shape index (κ2) is 20.7. The first kappa shape index (κ1) is 48.7. The van der Waals surface area contributed by atoms with Crippen molar-refractivity contribution in [3.63, 3.8) is 0 Å². The van der Waals surface area contributed by atoms with E-state index in [1.807, 2.05) is 52.0 Å². The first-order valence-electron chi connectivity index (χ1n) is 19.7. The van der Waals surface area contributed by atoms with Gasteiger partial charge in [-0.2, -0.15) is 40.5 Å². The van der Waals surface area contributed by atoms with Crippen LogP contribution in [0.25, 0.3) is 20.4 Å².